The van der Waals surface area contributed by atoms with Crippen LogP contribution < -0.4 is 15.8 Å². The Labute approximate surface area is 107 Å². The monoisotopic (exact) mass is 294 g/mol. The molecule has 0 saturated heterocycles. The van der Waals surface area contributed by atoms with Crippen molar-refractivity contribution in [2.45, 2.75) is 0 Å². The second-order valence-electron chi connectivity index (χ2n) is 3.25. The molecule has 1 heterocycles. The third-order valence-electron chi connectivity index (χ3n) is 2.16. The summed E-state index contributed by atoms with van der Waals surface area (Å²) >= 11 is 3.44. The predicted molar refractivity (Wildman–Crippen MR) is 70.4 cm³/mol. The molecule has 0 spiro atoms. The van der Waals surface area contributed by atoms with Gasteiger partial charge in [-0.25, -0.2) is 9.97 Å². The topological polar surface area (TPSA) is 73.1 Å². The third-order valence-corrected chi connectivity index (χ3v) is 2.85. The van der Waals surface area contributed by atoms with Gasteiger partial charge in [0.1, 0.15) is 6.33 Å². The molecule has 2 rings (SSSR count). The Kier molecular flexibility index (Phi) is 3.43. The van der Waals surface area contributed by atoms with Crippen LogP contribution in [0.5, 0.6) is 5.75 Å². The molecule has 3 N–H and O–H groups in total. The van der Waals surface area contributed by atoms with Crippen LogP contribution in [-0.4, -0.2) is 17.1 Å². The fraction of sp³-hybridized carbons (Fsp3) is 0.0909. The number of rotatable bonds is 3. The maximum Gasteiger partial charge on any atom is 0.204 e. The molecule has 0 aliphatic heterocycles. The van der Waals surface area contributed by atoms with Gasteiger partial charge in [-0.15, -0.1) is 0 Å². The van der Waals surface area contributed by atoms with E-state index >= 15 is 0 Å². The lowest BCUT2D eigenvalue weighted by molar-refractivity contribution is 0.415. The van der Waals surface area contributed by atoms with Gasteiger partial charge in [-0.1, -0.05) is 12.1 Å². The van der Waals surface area contributed by atoms with Gasteiger partial charge in [0.05, 0.1) is 12.8 Å². The van der Waals surface area contributed by atoms with Gasteiger partial charge in [-0.2, -0.15) is 0 Å². The van der Waals surface area contributed by atoms with Gasteiger partial charge in [-0.05, 0) is 28.1 Å². The first kappa shape index (κ1) is 11.7. The number of nitrogens with one attached hydrogen (secondary N) is 1. The van der Waals surface area contributed by atoms with Gasteiger partial charge in [-0.3, -0.25) is 0 Å². The van der Waals surface area contributed by atoms with Crippen molar-refractivity contribution < 1.29 is 4.74 Å². The van der Waals surface area contributed by atoms with Crippen molar-refractivity contribution in [3.63, 3.8) is 0 Å². The summed E-state index contributed by atoms with van der Waals surface area (Å²) in [7, 11) is 1.53. The SMILES string of the molecule is COc1c(N)ncnc1Nc1ccccc1Br. The number of methoxy groups -OCH3 is 1. The van der Waals surface area contributed by atoms with E-state index in [1.807, 2.05) is 24.3 Å². The van der Waals surface area contributed by atoms with E-state index in [0.29, 0.717) is 17.4 Å². The van der Waals surface area contributed by atoms with Gasteiger partial charge in [0.25, 0.3) is 0 Å². The summed E-state index contributed by atoms with van der Waals surface area (Å²) in [4.78, 5) is 7.96. The van der Waals surface area contributed by atoms with Crippen LogP contribution in [0.4, 0.5) is 17.3 Å². The molecule has 0 atom stereocenters. The number of ether oxygens (including phenoxy) is 1. The molecule has 2 aromatic rings. The fourth-order valence-electron chi connectivity index (χ4n) is 1.37. The van der Waals surface area contributed by atoms with Crippen molar-refractivity contribution in [2.75, 3.05) is 18.2 Å². The zero-order valence-electron chi connectivity index (χ0n) is 9.14. The number of benzene rings is 1. The quantitative estimate of drug-likeness (QED) is 0.910. The molecule has 6 heteroatoms. The fourth-order valence-corrected chi connectivity index (χ4v) is 1.75. The number of hydrogen-bond donors (Lipinski definition) is 2. The van der Waals surface area contributed by atoms with Crippen LogP contribution in [0.3, 0.4) is 0 Å². The van der Waals surface area contributed by atoms with Crippen molar-refractivity contribution in [1.82, 2.24) is 9.97 Å². The van der Waals surface area contributed by atoms with E-state index in [0.717, 1.165) is 10.2 Å². The average Bonchev–Trinajstić information content (AvgIpc) is 2.32. The zero-order valence-corrected chi connectivity index (χ0v) is 10.7. The number of aromatic nitrogens is 2. The van der Waals surface area contributed by atoms with Crippen LogP contribution in [0, 0.1) is 0 Å². The van der Waals surface area contributed by atoms with Crippen molar-refractivity contribution in [3.05, 3.63) is 35.1 Å². The summed E-state index contributed by atoms with van der Waals surface area (Å²) in [6, 6.07) is 7.70. The van der Waals surface area contributed by atoms with Crippen molar-refractivity contribution in [2.24, 2.45) is 0 Å². The van der Waals surface area contributed by atoms with Crippen LogP contribution in [0.25, 0.3) is 0 Å². The Morgan fingerprint density at radius 3 is 2.76 bits per heavy atom. The molecule has 0 amide bonds. The van der Waals surface area contributed by atoms with E-state index in [1.54, 1.807) is 0 Å². The average molecular weight is 295 g/mol. The molecular formula is C11H11BrN4O. The Bertz CT molecular complexity index is 533. The zero-order chi connectivity index (χ0) is 12.3. The van der Waals surface area contributed by atoms with Crippen molar-refractivity contribution >= 4 is 33.3 Å². The Hall–Kier alpha value is -1.82. The summed E-state index contributed by atoms with van der Waals surface area (Å²) in [5.74, 6) is 1.27. The lowest BCUT2D eigenvalue weighted by atomic mass is 10.3. The molecule has 0 aliphatic carbocycles. The molecule has 1 aromatic heterocycles. The number of nitrogen functional groups attached to an aromatic ring is 1. The minimum Gasteiger partial charge on any atom is -0.490 e. The van der Waals surface area contributed by atoms with E-state index in [-0.39, 0.29) is 0 Å². The van der Waals surface area contributed by atoms with E-state index in [1.165, 1.54) is 13.4 Å². The lowest BCUT2D eigenvalue weighted by Crippen LogP contribution is -2.03. The van der Waals surface area contributed by atoms with E-state index in [4.69, 9.17) is 10.5 Å². The summed E-state index contributed by atoms with van der Waals surface area (Å²) in [5, 5.41) is 3.13. The number of halogens is 1. The van der Waals surface area contributed by atoms with E-state index < -0.39 is 0 Å². The number of hydrogen-bond acceptors (Lipinski definition) is 5. The Morgan fingerprint density at radius 2 is 2.06 bits per heavy atom. The minimum atomic E-state index is 0.303. The third kappa shape index (κ3) is 2.47. The Balaban J connectivity index is 2.37. The smallest absolute Gasteiger partial charge is 0.204 e. The molecule has 0 radical (unpaired) electrons. The number of para-hydroxylation sites is 1. The first-order chi connectivity index (χ1) is 8.22. The highest BCUT2D eigenvalue weighted by Crippen LogP contribution is 2.31. The first-order valence-corrected chi connectivity index (χ1v) is 5.67. The summed E-state index contributed by atoms with van der Waals surface area (Å²) in [6.07, 6.45) is 1.39. The lowest BCUT2D eigenvalue weighted by Gasteiger charge is -2.11. The first-order valence-electron chi connectivity index (χ1n) is 4.88. The summed E-state index contributed by atoms with van der Waals surface area (Å²) < 4.78 is 6.09. The van der Waals surface area contributed by atoms with E-state index in [9.17, 15) is 0 Å². The van der Waals surface area contributed by atoms with Crippen LogP contribution in [0.15, 0.2) is 35.1 Å². The van der Waals surface area contributed by atoms with Gasteiger partial charge >= 0.3 is 0 Å². The molecular weight excluding hydrogens is 284 g/mol. The number of anilines is 3. The highest BCUT2D eigenvalue weighted by atomic mass is 79.9. The van der Waals surface area contributed by atoms with Gasteiger partial charge < -0.3 is 15.8 Å². The highest BCUT2D eigenvalue weighted by molar-refractivity contribution is 9.10. The second kappa shape index (κ2) is 5.01. The summed E-state index contributed by atoms with van der Waals surface area (Å²) in [6.45, 7) is 0. The Morgan fingerprint density at radius 1 is 1.29 bits per heavy atom. The van der Waals surface area contributed by atoms with Crippen molar-refractivity contribution in [3.8, 4) is 5.75 Å². The second-order valence-corrected chi connectivity index (χ2v) is 4.10. The molecule has 0 aliphatic rings. The van der Waals surface area contributed by atoms with Crippen LogP contribution in [-0.2, 0) is 0 Å². The van der Waals surface area contributed by atoms with Crippen LogP contribution in [0.2, 0.25) is 0 Å². The maximum absolute atomic E-state index is 5.70. The largest absolute Gasteiger partial charge is 0.490 e. The molecule has 0 bridgehead atoms. The minimum absolute atomic E-state index is 0.303. The molecule has 5 nitrogen and oxygen atoms in total. The predicted octanol–water partition coefficient (Wildman–Crippen LogP) is 2.57. The number of nitrogens with zero attached hydrogens (tertiary/aromatic N) is 2. The van der Waals surface area contributed by atoms with Gasteiger partial charge in [0, 0.05) is 4.47 Å². The number of nitrogens with two attached hydrogens (primary N) is 1. The molecule has 0 unspecified atom stereocenters. The molecule has 0 fully saturated rings. The molecule has 0 saturated carbocycles. The summed E-state index contributed by atoms with van der Waals surface area (Å²) in [5.41, 5.74) is 6.57. The van der Waals surface area contributed by atoms with Crippen molar-refractivity contribution in [1.29, 1.82) is 0 Å². The van der Waals surface area contributed by atoms with Crippen LogP contribution >= 0.6 is 15.9 Å². The molecule has 17 heavy (non-hydrogen) atoms. The van der Waals surface area contributed by atoms with Crippen LogP contribution in [0.1, 0.15) is 0 Å². The highest BCUT2D eigenvalue weighted by Gasteiger charge is 2.10. The maximum atomic E-state index is 5.70. The van der Waals surface area contributed by atoms with Gasteiger partial charge in [0.15, 0.2) is 11.6 Å². The standard InChI is InChI=1S/C11H11BrN4O/c1-17-9-10(13)14-6-15-11(9)16-8-5-3-2-4-7(8)12/h2-6H,1H3,(H3,13,14,15,16). The normalized spacial score (nSPS) is 10.0. The van der Waals surface area contributed by atoms with E-state index in [2.05, 4.69) is 31.2 Å². The molecule has 1 aromatic carbocycles. The van der Waals surface area contributed by atoms with Gasteiger partial charge in [0.2, 0.25) is 5.75 Å². The molecule has 88 valence electrons.